The van der Waals surface area contributed by atoms with E-state index in [1.165, 1.54) is 0 Å². The van der Waals surface area contributed by atoms with E-state index in [1.54, 1.807) is 13.2 Å². The SMILES string of the molecule is CCCC1=CC(=O)OC2C1=C1OC(C)(C)CCC1=C1O[C@@H]3CCCC(OCCOC)[C@H]3C(=O)C12C. The summed E-state index contributed by atoms with van der Waals surface area (Å²) in [7, 11) is 1.64. The number of Topliss-reactive ketones (excluding diaryl/α,β-unsaturated/α-hetero) is 1. The standard InChI is InChI=1S/C28H38O7/c1-6-8-16-15-20(29)34-26-21(16)23-17(11-12-27(2,3)35-23)25-28(26,4)24(30)22-18(32-14-13-31-5)9-7-10-19(22)33-25/h15,18-19,22,26H,6-14H2,1-5H3/t18?,19-,22-,26?,28?/m1/s1. The number of allylic oxidation sites excluding steroid dienone is 1. The van der Waals surface area contributed by atoms with Crippen molar-refractivity contribution in [3.8, 4) is 0 Å². The Morgan fingerprint density at radius 3 is 2.66 bits per heavy atom. The van der Waals surface area contributed by atoms with E-state index in [2.05, 4.69) is 20.8 Å². The third-order valence-electron chi connectivity index (χ3n) is 8.28. The molecule has 3 aliphatic heterocycles. The molecule has 35 heavy (non-hydrogen) atoms. The van der Waals surface area contributed by atoms with Crippen molar-refractivity contribution in [3.63, 3.8) is 0 Å². The molecule has 0 aromatic heterocycles. The maximum absolute atomic E-state index is 14.5. The fourth-order valence-electron chi connectivity index (χ4n) is 6.53. The lowest BCUT2D eigenvalue weighted by Crippen LogP contribution is -2.61. The molecule has 0 bridgehead atoms. The quantitative estimate of drug-likeness (QED) is 0.402. The van der Waals surface area contributed by atoms with Gasteiger partial charge < -0.3 is 23.7 Å². The van der Waals surface area contributed by atoms with Gasteiger partial charge in [0.05, 0.1) is 25.2 Å². The molecule has 0 aromatic rings. The second-order valence-electron chi connectivity index (χ2n) is 11.2. The molecule has 5 aliphatic rings. The first-order valence-electron chi connectivity index (χ1n) is 13.1. The van der Waals surface area contributed by atoms with Crippen LogP contribution >= 0.6 is 0 Å². The summed E-state index contributed by atoms with van der Waals surface area (Å²) < 4.78 is 30.6. The molecule has 7 nitrogen and oxygen atoms in total. The van der Waals surface area contributed by atoms with E-state index in [4.69, 9.17) is 23.7 Å². The van der Waals surface area contributed by atoms with Crippen LogP contribution in [-0.2, 0) is 33.3 Å². The molecule has 5 rings (SSSR count). The first-order valence-corrected chi connectivity index (χ1v) is 13.1. The van der Waals surface area contributed by atoms with E-state index in [9.17, 15) is 9.59 Å². The van der Waals surface area contributed by atoms with Gasteiger partial charge in [-0.15, -0.1) is 0 Å². The highest BCUT2D eigenvalue weighted by Crippen LogP contribution is 2.58. The van der Waals surface area contributed by atoms with Gasteiger partial charge in [0.2, 0.25) is 0 Å². The van der Waals surface area contributed by atoms with Gasteiger partial charge in [0.15, 0.2) is 11.9 Å². The number of carbonyl (C=O) groups is 2. The van der Waals surface area contributed by atoms with Crippen LogP contribution in [0.5, 0.6) is 0 Å². The molecule has 0 aromatic carbocycles. The van der Waals surface area contributed by atoms with Crippen molar-refractivity contribution in [1.29, 1.82) is 0 Å². The third kappa shape index (κ3) is 3.95. The predicted octanol–water partition coefficient (Wildman–Crippen LogP) is 4.56. The van der Waals surface area contributed by atoms with Crippen LogP contribution < -0.4 is 0 Å². The first-order chi connectivity index (χ1) is 16.7. The molecular weight excluding hydrogens is 448 g/mol. The summed E-state index contributed by atoms with van der Waals surface area (Å²) >= 11 is 0. The Morgan fingerprint density at radius 1 is 1.11 bits per heavy atom. The van der Waals surface area contributed by atoms with E-state index in [-0.39, 0.29) is 23.6 Å². The van der Waals surface area contributed by atoms with Crippen LogP contribution in [0.2, 0.25) is 0 Å². The van der Waals surface area contributed by atoms with Gasteiger partial charge in [-0.05, 0) is 64.9 Å². The van der Waals surface area contributed by atoms with Crippen molar-refractivity contribution in [1.82, 2.24) is 0 Å². The van der Waals surface area contributed by atoms with Gasteiger partial charge in [0.25, 0.3) is 0 Å². The van der Waals surface area contributed by atoms with Gasteiger partial charge in [-0.2, -0.15) is 0 Å². The lowest BCUT2D eigenvalue weighted by Gasteiger charge is -2.54. The Kier molecular flexibility index (Phi) is 6.37. The van der Waals surface area contributed by atoms with Gasteiger partial charge in [-0.25, -0.2) is 4.79 Å². The normalized spacial score (nSPS) is 35.6. The molecule has 7 heteroatoms. The van der Waals surface area contributed by atoms with Crippen LogP contribution in [0.4, 0.5) is 0 Å². The number of rotatable bonds is 6. The highest BCUT2D eigenvalue weighted by Gasteiger charge is 2.64. The fraction of sp³-hybridized carbons (Fsp3) is 0.714. The number of ketones is 1. The highest BCUT2D eigenvalue weighted by molar-refractivity contribution is 5.96. The van der Waals surface area contributed by atoms with E-state index >= 15 is 0 Å². The number of carbonyl (C=O) groups excluding carboxylic acids is 2. The van der Waals surface area contributed by atoms with E-state index in [0.717, 1.165) is 67.4 Å². The number of hydrogen-bond donors (Lipinski definition) is 0. The summed E-state index contributed by atoms with van der Waals surface area (Å²) in [5.74, 6) is 0.633. The average Bonchev–Trinajstić information content (AvgIpc) is 2.80. The molecule has 5 atom stereocenters. The number of hydrogen-bond acceptors (Lipinski definition) is 7. The van der Waals surface area contributed by atoms with E-state index in [1.807, 2.05) is 6.92 Å². The second-order valence-corrected chi connectivity index (χ2v) is 11.2. The van der Waals surface area contributed by atoms with Crippen molar-refractivity contribution < 1.29 is 33.3 Å². The largest absolute Gasteiger partial charge is 0.492 e. The zero-order chi connectivity index (χ0) is 25.0. The molecule has 2 saturated heterocycles. The van der Waals surface area contributed by atoms with Crippen LogP contribution in [0.1, 0.15) is 72.6 Å². The smallest absolute Gasteiger partial charge is 0.331 e. The minimum Gasteiger partial charge on any atom is -0.492 e. The van der Waals surface area contributed by atoms with Crippen LogP contribution in [-0.4, -0.2) is 56.0 Å². The molecule has 3 heterocycles. The van der Waals surface area contributed by atoms with Crippen LogP contribution in [0, 0.1) is 11.3 Å². The highest BCUT2D eigenvalue weighted by atomic mass is 16.6. The maximum atomic E-state index is 14.5. The predicted molar refractivity (Wildman–Crippen MR) is 128 cm³/mol. The molecule has 3 unspecified atom stereocenters. The molecule has 192 valence electrons. The average molecular weight is 487 g/mol. The molecule has 0 radical (unpaired) electrons. The van der Waals surface area contributed by atoms with Gasteiger partial charge in [0.1, 0.15) is 28.6 Å². The number of fused-ring (bicyclic) bond motifs is 5. The Labute approximate surface area is 207 Å². The van der Waals surface area contributed by atoms with Crippen LogP contribution in [0.3, 0.4) is 0 Å². The zero-order valence-corrected chi connectivity index (χ0v) is 21.6. The van der Waals surface area contributed by atoms with Gasteiger partial charge in [-0.3, -0.25) is 4.79 Å². The third-order valence-corrected chi connectivity index (χ3v) is 8.28. The summed E-state index contributed by atoms with van der Waals surface area (Å²) in [4.78, 5) is 27.3. The lowest BCUT2D eigenvalue weighted by atomic mass is 9.60. The van der Waals surface area contributed by atoms with Crippen molar-refractivity contribution in [2.75, 3.05) is 20.3 Å². The number of methoxy groups -OCH3 is 1. The van der Waals surface area contributed by atoms with Gasteiger partial charge in [0, 0.05) is 24.3 Å². The zero-order valence-electron chi connectivity index (χ0n) is 21.6. The lowest BCUT2D eigenvalue weighted by molar-refractivity contribution is -0.179. The van der Waals surface area contributed by atoms with E-state index in [0.29, 0.717) is 19.0 Å². The van der Waals surface area contributed by atoms with Crippen molar-refractivity contribution in [2.24, 2.45) is 11.3 Å². The maximum Gasteiger partial charge on any atom is 0.331 e. The fourth-order valence-corrected chi connectivity index (χ4v) is 6.53. The first kappa shape index (κ1) is 24.6. The van der Waals surface area contributed by atoms with Crippen LogP contribution in [0.25, 0.3) is 0 Å². The Morgan fingerprint density at radius 2 is 1.91 bits per heavy atom. The summed E-state index contributed by atoms with van der Waals surface area (Å²) in [5, 5.41) is 0. The Balaban J connectivity index is 1.63. The van der Waals surface area contributed by atoms with Crippen molar-refractivity contribution in [2.45, 2.75) is 96.6 Å². The summed E-state index contributed by atoms with van der Waals surface area (Å²) in [6.07, 6.45) is 6.05. The molecule has 0 N–H and O–H groups in total. The number of esters is 1. The summed E-state index contributed by atoms with van der Waals surface area (Å²) in [6.45, 7) is 9.05. The second kappa shape index (κ2) is 9.07. The molecular formula is C28H38O7. The summed E-state index contributed by atoms with van der Waals surface area (Å²) in [5.41, 5.74) is 1.26. The Bertz CT molecular complexity index is 1000. The van der Waals surface area contributed by atoms with Crippen molar-refractivity contribution in [3.05, 3.63) is 34.3 Å². The molecule has 3 fully saturated rings. The summed E-state index contributed by atoms with van der Waals surface area (Å²) in [6, 6.07) is 0. The monoisotopic (exact) mass is 486 g/mol. The molecule has 0 spiro atoms. The van der Waals surface area contributed by atoms with Gasteiger partial charge >= 0.3 is 5.97 Å². The van der Waals surface area contributed by atoms with Crippen molar-refractivity contribution >= 4 is 11.8 Å². The molecule has 1 saturated carbocycles. The van der Waals surface area contributed by atoms with Crippen LogP contribution in [0.15, 0.2) is 34.3 Å². The topological polar surface area (TPSA) is 80.3 Å². The minimum atomic E-state index is -1.11. The Hall–Kier alpha value is -2.12. The number of ether oxygens (including phenoxy) is 5. The van der Waals surface area contributed by atoms with Gasteiger partial charge in [-0.1, -0.05) is 13.3 Å². The minimum absolute atomic E-state index is 0.0512. The molecule has 0 amide bonds. The molecule has 2 aliphatic carbocycles. The van der Waals surface area contributed by atoms with E-state index < -0.39 is 23.4 Å².